The van der Waals surface area contributed by atoms with Crippen molar-refractivity contribution >= 4 is 43.3 Å². The van der Waals surface area contributed by atoms with Crippen molar-refractivity contribution in [1.82, 2.24) is 0 Å². The predicted molar refractivity (Wildman–Crippen MR) is 126 cm³/mol. The molecule has 0 bridgehead atoms. The summed E-state index contributed by atoms with van der Waals surface area (Å²) in [6.45, 7) is 29.3. The first-order chi connectivity index (χ1) is 11.0. The molecular weight excluding hydrogens is 393 g/mol. The maximum atomic E-state index is 6.69. The maximum Gasteiger partial charge on any atom is 0.465 e. The largest absolute Gasteiger partial charge is 0.465 e. The van der Waals surface area contributed by atoms with Gasteiger partial charge in [0.1, 0.15) is 0 Å². The van der Waals surface area contributed by atoms with Crippen LogP contribution in [-0.4, -0.2) is 43.3 Å². The Morgan fingerprint density at radius 1 is 0.920 bits per heavy atom. The molecule has 0 N–H and O–H groups in total. The van der Waals surface area contributed by atoms with Crippen molar-refractivity contribution in [2.24, 2.45) is 5.41 Å². The second-order valence-electron chi connectivity index (χ2n) is 10.1. The first-order valence-electron chi connectivity index (χ1n) is 9.71. The van der Waals surface area contributed by atoms with Crippen LogP contribution in [0.3, 0.4) is 0 Å². The fourth-order valence-corrected chi connectivity index (χ4v) is 20.8. The molecule has 0 aliphatic heterocycles. The van der Waals surface area contributed by atoms with Crippen LogP contribution in [0.4, 0.5) is 0 Å². The molecule has 0 rings (SSSR count). The molecule has 0 aromatic carbocycles. The Hall–Kier alpha value is 0.704. The summed E-state index contributed by atoms with van der Waals surface area (Å²) in [4.78, 5) is 0. The quantitative estimate of drug-likeness (QED) is 0.371. The van der Waals surface area contributed by atoms with Crippen LogP contribution >= 0.6 is 0 Å². The zero-order valence-electron chi connectivity index (χ0n) is 18.8. The summed E-state index contributed by atoms with van der Waals surface area (Å²) in [5, 5.41) is 0. The van der Waals surface area contributed by atoms with E-state index in [1.54, 1.807) is 0 Å². The lowest BCUT2D eigenvalue weighted by molar-refractivity contribution is 0.269. The van der Waals surface area contributed by atoms with Gasteiger partial charge in [-0.3, -0.25) is 0 Å². The highest BCUT2D eigenvalue weighted by molar-refractivity contribution is 6.85. The van der Waals surface area contributed by atoms with Gasteiger partial charge in [-0.15, -0.1) is 12.3 Å². The molecule has 0 aromatic heterocycles. The number of rotatable bonds is 12. The Morgan fingerprint density at radius 2 is 1.36 bits per heavy atom. The van der Waals surface area contributed by atoms with Crippen LogP contribution < -0.4 is 0 Å². The minimum absolute atomic E-state index is 0.344. The lowest BCUT2D eigenvalue weighted by Crippen LogP contribution is -2.54. The van der Waals surface area contributed by atoms with E-state index in [4.69, 9.17) is 12.3 Å². The Morgan fingerprint density at radius 3 is 1.72 bits per heavy atom. The third kappa shape index (κ3) is 11.9. The van der Waals surface area contributed by atoms with Crippen molar-refractivity contribution in [3.63, 3.8) is 0 Å². The summed E-state index contributed by atoms with van der Waals surface area (Å²) in [7, 11) is -7.96. The van der Waals surface area contributed by atoms with E-state index in [0.29, 0.717) is 5.41 Å². The Labute approximate surface area is 164 Å². The van der Waals surface area contributed by atoms with E-state index in [1.165, 1.54) is 12.5 Å². The van der Waals surface area contributed by atoms with Crippen LogP contribution in [0.1, 0.15) is 20.3 Å². The lowest BCUT2D eigenvalue weighted by atomic mass is 9.93. The maximum absolute atomic E-state index is 6.69. The molecule has 0 radical (unpaired) electrons. The number of hydrogen-bond acceptors (Lipinski definition) is 3. The standard InChI is InChI=1S/C17H44O3Si5/c1-13-23(8,9)16-17(2,3)14-15-24(10,11)20-25(12,18-21(4)5)19-22(6)7/h13,21-22H,1,14-16H2,2-12H3. The highest BCUT2D eigenvalue weighted by atomic mass is 28.5. The molecule has 3 nitrogen and oxygen atoms in total. The van der Waals surface area contributed by atoms with Crippen molar-refractivity contribution < 1.29 is 12.3 Å². The van der Waals surface area contributed by atoms with Crippen molar-refractivity contribution in [1.29, 1.82) is 0 Å². The van der Waals surface area contributed by atoms with Crippen LogP contribution in [0.2, 0.25) is 71.0 Å². The highest BCUT2D eigenvalue weighted by Crippen LogP contribution is 2.36. The van der Waals surface area contributed by atoms with Crippen LogP contribution in [0.25, 0.3) is 0 Å². The molecule has 25 heavy (non-hydrogen) atoms. The van der Waals surface area contributed by atoms with Gasteiger partial charge >= 0.3 is 8.80 Å². The summed E-state index contributed by atoms with van der Waals surface area (Å²) < 4.78 is 19.3. The predicted octanol–water partition coefficient (Wildman–Crippen LogP) is 5.63. The Balaban J connectivity index is 4.96. The molecule has 0 unspecified atom stereocenters. The first kappa shape index (κ1) is 25.7. The average Bonchev–Trinajstić information content (AvgIpc) is 2.32. The summed E-state index contributed by atoms with van der Waals surface area (Å²) in [5.41, 5.74) is 2.57. The van der Waals surface area contributed by atoms with Crippen molar-refractivity contribution in [2.75, 3.05) is 0 Å². The van der Waals surface area contributed by atoms with E-state index in [-0.39, 0.29) is 0 Å². The zero-order valence-corrected chi connectivity index (χ0v) is 24.1. The summed E-state index contributed by atoms with van der Waals surface area (Å²) in [5.74, 6) is 0. The smallest absolute Gasteiger partial charge is 0.420 e. The van der Waals surface area contributed by atoms with Crippen LogP contribution in [0.5, 0.6) is 0 Å². The number of hydrogen-bond donors (Lipinski definition) is 0. The molecule has 0 saturated heterocycles. The van der Waals surface area contributed by atoms with E-state index < -0.39 is 43.3 Å². The van der Waals surface area contributed by atoms with E-state index in [9.17, 15) is 0 Å². The molecule has 0 aliphatic rings. The molecule has 0 spiro atoms. The summed E-state index contributed by atoms with van der Waals surface area (Å²) in [6, 6.07) is 2.45. The molecule has 0 saturated carbocycles. The SMILES string of the molecule is C=C[Si](C)(C)CC(C)(C)CC[Si](C)(C)O[Si](C)(O[SiH](C)C)O[SiH](C)C. The van der Waals surface area contributed by atoms with Gasteiger partial charge in [0, 0.05) is 6.55 Å². The van der Waals surface area contributed by atoms with Gasteiger partial charge in [-0.25, -0.2) is 0 Å². The van der Waals surface area contributed by atoms with E-state index >= 15 is 0 Å². The fraction of sp³-hybridized carbons (Fsp3) is 0.882. The van der Waals surface area contributed by atoms with Gasteiger partial charge in [0.15, 0.2) is 26.4 Å². The van der Waals surface area contributed by atoms with Crippen molar-refractivity contribution in [3.05, 3.63) is 12.3 Å². The molecular formula is C17H44O3Si5. The third-order valence-electron chi connectivity index (χ3n) is 4.25. The molecule has 0 amide bonds. The normalized spacial score (nSPS) is 14.4. The molecule has 0 atom stereocenters. The first-order valence-corrected chi connectivity index (χ1v) is 23.9. The molecule has 0 aromatic rings. The van der Waals surface area contributed by atoms with Gasteiger partial charge in [-0.1, -0.05) is 26.9 Å². The average molecular weight is 437 g/mol. The van der Waals surface area contributed by atoms with Gasteiger partial charge in [0.25, 0.3) is 0 Å². The van der Waals surface area contributed by atoms with Crippen LogP contribution in [0, 0.1) is 5.41 Å². The second-order valence-corrected chi connectivity index (χ2v) is 27.5. The molecule has 150 valence electrons. The summed E-state index contributed by atoms with van der Waals surface area (Å²) in [6.07, 6.45) is 1.21. The highest BCUT2D eigenvalue weighted by Gasteiger charge is 2.43. The lowest BCUT2D eigenvalue weighted by Gasteiger charge is -2.39. The van der Waals surface area contributed by atoms with Crippen molar-refractivity contribution in [2.45, 2.75) is 91.3 Å². The summed E-state index contributed by atoms with van der Waals surface area (Å²) >= 11 is 0. The molecule has 0 aliphatic carbocycles. The van der Waals surface area contributed by atoms with E-state index in [2.05, 4.69) is 85.0 Å². The molecule has 0 heterocycles. The Kier molecular flexibility index (Phi) is 10.0. The molecule has 8 heteroatoms. The third-order valence-corrected chi connectivity index (χ3v) is 19.6. The Bertz CT molecular complexity index is 413. The second kappa shape index (κ2) is 9.76. The molecule has 0 fully saturated rings. The van der Waals surface area contributed by atoms with Gasteiger partial charge in [0.05, 0.1) is 8.07 Å². The minimum Gasteiger partial charge on any atom is -0.420 e. The zero-order chi connectivity index (χ0) is 20.1. The van der Waals surface area contributed by atoms with Crippen molar-refractivity contribution in [3.8, 4) is 0 Å². The van der Waals surface area contributed by atoms with Gasteiger partial charge in [0.2, 0.25) is 0 Å². The van der Waals surface area contributed by atoms with Crippen LogP contribution in [-0.2, 0) is 12.3 Å². The fourth-order valence-electron chi connectivity index (χ4n) is 3.52. The minimum atomic E-state index is -2.48. The van der Waals surface area contributed by atoms with E-state index in [0.717, 1.165) is 6.04 Å². The van der Waals surface area contributed by atoms with Crippen LogP contribution in [0.15, 0.2) is 12.3 Å². The van der Waals surface area contributed by atoms with Gasteiger partial charge < -0.3 is 12.3 Å². The monoisotopic (exact) mass is 436 g/mol. The van der Waals surface area contributed by atoms with E-state index in [1.807, 2.05) is 0 Å². The van der Waals surface area contributed by atoms with Gasteiger partial charge in [-0.2, -0.15) is 0 Å². The topological polar surface area (TPSA) is 27.7 Å². The van der Waals surface area contributed by atoms with Gasteiger partial charge in [-0.05, 0) is 63.2 Å².